The number of hydrogen-bond acceptors (Lipinski definition) is 2. The molecule has 0 fully saturated rings. The molecule has 2 N–H and O–H groups in total. The number of halogens is 3. The molecule has 1 atom stereocenters. The second kappa shape index (κ2) is 4.06. The van der Waals surface area contributed by atoms with Gasteiger partial charge >= 0.3 is 4.83 Å². The van der Waals surface area contributed by atoms with E-state index in [9.17, 15) is 19.0 Å². The van der Waals surface area contributed by atoms with Crippen molar-refractivity contribution in [1.29, 1.82) is 0 Å². The second-order valence-corrected chi connectivity index (χ2v) is 4.50. The van der Waals surface area contributed by atoms with E-state index in [1.807, 2.05) is 0 Å². The number of aliphatic hydroxyl groups excluding tert-OH is 1. The largest absolute Gasteiger partial charge is 0.507 e. The van der Waals surface area contributed by atoms with Crippen molar-refractivity contribution in [3.63, 3.8) is 0 Å². The van der Waals surface area contributed by atoms with Crippen LogP contribution in [0.25, 0.3) is 0 Å². The highest BCUT2D eigenvalue weighted by atomic mass is 79.9. The standard InChI is InChI=1S/C10H11BrF2O2/c1-5-3-7(4-6(2)8(5)14)9(15)10(11,12)13/h3-4,9,14-15H,1-2H3. The van der Waals surface area contributed by atoms with Crippen molar-refractivity contribution >= 4 is 15.9 Å². The van der Waals surface area contributed by atoms with Gasteiger partial charge < -0.3 is 10.2 Å². The molecule has 0 spiro atoms. The Balaban J connectivity index is 3.17. The van der Waals surface area contributed by atoms with E-state index >= 15 is 0 Å². The van der Waals surface area contributed by atoms with Gasteiger partial charge in [0.25, 0.3) is 0 Å². The van der Waals surface area contributed by atoms with Gasteiger partial charge in [-0.15, -0.1) is 0 Å². The van der Waals surface area contributed by atoms with Gasteiger partial charge in [0.15, 0.2) is 6.10 Å². The van der Waals surface area contributed by atoms with E-state index in [1.54, 1.807) is 13.8 Å². The Morgan fingerprint density at radius 2 is 1.67 bits per heavy atom. The molecule has 15 heavy (non-hydrogen) atoms. The first-order valence-corrected chi connectivity index (χ1v) is 5.07. The average Bonchev–Trinajstić information content (AvgIpc) is 2.10. The summed E-state index contributed by atoms with van der Waals surface area (Å²) < 4.78 is 25.5. The van der Waals surface area contributed by atoms with E-state index < -0.39 is 10.9 Å². The highest BCUT2D eigenvalue weighted by Crippen LogP contribution is 2.38. The molecule has 0 aromatic heterocycles. The van der Waals surface area contributed by atoms with Crippen LogP contribution in [0.15, 0.2) is 12.1 Å². The highest BCUT2D eigenvalue weighted by Gasteiger charge is 2.36. The van der Waals surface area contributed by atoms with Crippen molar-refractivity contribution in [2.24, 2.45) is 0 Å². The third kappa shape index (κ3) is 2.66. The van der Waals surface area contributed by atoms with Gasteiger partial charge in [0.1, 0.15) is 5.75 Å². The smallest absolute Gasteiger partial charge is 0.330 e. The first-order valence-electron chi connectivity index (χ1n) is 4.28. The van der Waals surface area contributed by atoms with Gasteiger partial charge in [-0.2, -0.15) is 8.78 Å². The molecular weight excluding hydrogens is 270 g/mol. The van der Waals surface area contributed by atoms with E-state index in [1.165, 1.54) is 12.1 Å². The Morgan fingerprint density at radius 3 is 2.00 bits per heavy atom. The molecule has 84 valence electrons. The number of aryl methyl sites for hydroxylation is 2. The predicted molar refractivity (Wildman–Crippen MR) is 56.4 cm³/mol. The Labute approximate surface area is 94.7 Å². The summed E-state index contributed by atoms with van der Waals surface area (Å²) in [6, 6.07) is 2.67. The molecular formula is C10H11BrF2O2. The quantitative estimate of drug-likeness (QED) is 0.818. The summed E-state index contributed by atoms with van der Waals surface area (Å²) in [5, 5.41) is 18.8. The molecule has 2 nitrogen and oxygen atoms in total. The van der Waals surface area contributed by atoms with Crippen LogP contribution in [0.3, 0.4) is 0 Å². The third-order valence-corrected chi connectivity index (χ3v) is 2.57. The predicted octanol–water partition coefficient (Wildman–Crippen LogP) is 3.03. The SMILES string of the molecule is Cc1cc(C(O)C(F)(F)Br)cc(C)c1O. The number of aliphatic hydroxyl groups is 1. The minimum atomic E-state index is -3.37. The van der Waals surface area contributed by atoms with Crippen LogP contribution in [0, 0.1) is 13.8 Å². The number of hydrogen-bond donors (Lipinski definition) is 2. The molecule has 1 aromatic carbocycles. The van der Waals surface area contributed by atoms with Crippen LogP contribution >= 0.6 is 15.9 Å². The second-order valence-electron chi connectivity index (χ2n) is 3.45. The third-order valence-electron chi connectivity index (χ3n) is 2.14. The van der Waals surface area contributed by atoms with Crippen molar-refractivity contribution in [3.8, 4) is 5.75 Å². The Kier molecular flexibility index (Phi) is 3.35. The number of benzene rings is 1. The fourth-order valence-corrected chi connectivity index (χ4v) is 1.60. The maximum Gasteiger partial charge on any atom is 0.330 e. The minimum absolute atomic E-state index is 0.0591. The number of rotatable bonds is 2. The molecule has 0 aliphatic heterocycles. The fourth-order valence-electron chi connectivity index (χ4n) is 1.34. The molecule has 1 rings (SSSR count). The summed E-state index contributed by atoms with van der Waals surface area (Å²) in [4.78, 5) is -3.37. The molecule has 0 saturated heterocycles. The van der Waals surface area contributed by atoms with Crippen molar-refractivity contribution in [2.45, 2.75) is 24.8 Å². The van der Waals surface area contributed by atoms with Crippen LogP contribution in [0.5, 0.6) is 5.75 Å². The van der Waals surface area contributed by atoms with Gasteiger partial charge in [-0.05, 0) is 58.6 Å². The Morgan fingerprint density at radius 1 is 1.27 bits per heavy atom. The summed E-state index contributed by atoms with van der Waals surface area (Å²) in [5.74, 6) is 0.0591. The first kappa shape index (κ1) is 12.4. The molecule has 1 aromatic rings. The topological polar surface area (TPSA) is 40.5 Å². The molecule has 0 aliphatic carbocycles. The molecule has 0 amide bonds. The molecule has 0 aliphatic rings. The Bertz CT molecular complexity index is 351. The average molecular weight is 281 g/mol. The lowest BCUT2D eigenvalue weighted by Crippen LogP contribution is -2.18. The fraction of sp³-hybridized carbons (Fsp3) is 0.400. The van der Waals surface area contributed by atoms with Crippen molar-refractivity contribution in [3.05, 3.63) is 28.8 Å². The molecule has 0 radical (unpaired) electrons. The lowest BCUT2D eigenvalue weighted by atomic mass is 10.0. The Hall–Kier alpha value is -0.680. The molecule has 0 heterocycles. The molecule has 5 heteroatoms. The molecule has 1 unspecified atom stereocenters. The highest BCUT2D eigenvalue weighted by molar-refractivity contribution is 9.10. The molecule has 0 saturated carbocycles. The van der Waals surface area contributed by atoms with Crippen molar-refractivity contribution in [1.82, 2.24) is 0 Å². The maximum absolute atomic E-state index is 12.8. The van der Waals surface area contributed by atoms with Gasteiger partial charge in [0.05, 0.1) is 0 Å². The summed E-state index contributed by atoms with van der Waals surface area (Å²) >= 11 is 2.10. The lowest BCUT2D eigenvalue weighted by Gasteiger charge is -2.18. The van der Waals surface area contributed by atoms with Gasteiger partial charge in [0, 0.05) is 0 Å². The summed E-state index contributed by atoms with van der Waals surface area (Å²) in [6.45, 7) is 3.18. The van der Waals surface area contributed by atoms with Gasteiger partial charge in [0.2, 0.25) is 0 Å². The number of aromatic hydroxyl groups is 1. The van der Waals surface area contributed by atoms with Crippen LogP contribution < -0.4 is 0 Å². The zero-order valence-electron chi connectivity index (χ0n) is 8.26. The summed E-state index contributed by atoms with van der Waals surface area (Å²) in [6.07, 6.45) is -1.92. The van der Waals surface area contributed by atoms with Crippen molar-refractivity contribution < 1.29 is 19.0 Å². The van der Waals surface area contributed by atoms with Gasteiger partial charge in [-0.1, -0.05) is 0 Å². The monoisotopic (exact) mass is 280 g/mol. The first-order chi connectivity index (χ1) is 6.73. The zero-order valence-corrected chi connectivity index (χ0v) is 9.85. The normalized spacial score (nSPS) is 14.0. The van der Waals surface area contributed by atoms with Gasteiger partial charge in [-0.3, -0.25) is 0 Å². The van der Waals surface area contributed by atoms with E-state index in [2.05, 4.69) is 15.9 Å². The van der Waals surface area contributed by atoms with Gasteiger partial charge in [-0.25, -0.2) is 0 Å². The number of alkyl halides is 3. The minimum Gasteiger partial charge on any atom is -0.507 e. The van der Waals surface area contributed by atoms with Crippen LogP contribution in [-0.2, 0) is 0 Å². The number of phenols is 1. The van der Waals surface area contributed by atoms with E-state index in [0.29, 0.717) is 11.1 Å². The van der Waals surface area contributed by atoms with Crippen LogP contribution in [0.4, 0.5) is 8.78 Å². The maximum atomic E-state index is 12.8. The van der Waals surface area contributed by atoms with Crippen LogP contribution in [-0.4, -0.2) is 15.0 Å². The molecule has 0 bridgehead atoms. The van der Waals surface area contributed by atoms with E-state index in [0.717, 1.165) is 0 Å². The summed E-state index contributed by atoms with van der Waals surface area (Å²) in [5.41, 5.74) is 0.992. The van der Waals surface area contributed by atoms with Crippen molar-refractivity contribution in [2.75, 3.05) is 0 Å². The van der Waals surface area contributed by atoms with E-state index in [4.69, 9.17) is 0 Å². The number of phenolic OH excluding ortho intramolecular Hbond substituents is 1. The van der Waals surface area contributed by atoms with Crippen LogP contribution in [0.1, 0.15) is 22.8 Å². The summed E-state index contributed by atoms with van der Waals surface area (Å²) in [7, 11) is 0. The van der Waals surface area contributed by atoms with Crippen LogP contribution in [0.2, 0.25) is 0 Å². The zero-order chi connectivity index (χ0) is 11.8. The van der Waals surface area contributed by atoms with E-state index in [-0.39, 0.29) is 11.3 Å². The lowest BCUT2D eigenvalue weighted by molar-refractivity contribution is -0.0295.